The summed E-state index contributed by atoms with van der Waals surface area (Å²) in [6, 6.07) is 5.03. The number of carbonyl (C=O) groups is 1. The first kappa shape index (κ1) is 15.5. The van der Waals surface area contributed by atoms with Crippen LogP contribution < -0.4 is 5.32 Å². The van der Waals surface area contributed by atoms with E-state index in [1.54, 1.807) is 6.07 Å². The lowest BCUT2D eigenvalue weighted by Crippen LogP contribution is -2.46. The highest BCUT2D eigenvalue weighted by Gasteiger charge is 2.36. The largest absolute Gasteiger partial charge is 0.388 e. The van der Waals surface area contributed by atoms with E-state index in [1.807, 2.05) is 6.07 Å². The number of nitrogens with zero attached hydrogens (tertiary/aromatic N) is 2. The van der Waals surface area contributed by atoms with Gasteiger partial charge in [0.2, 0.25) is 0 Å². The Morgan fingerprint density at radius 3 is 2.57 bits per heavy atom. The van der Waals surface area contributed by atoms with Crippen molar-refractivity contribution in [2.45, 2.75) is 45.1 Å². The molecule has 1 saturated carbocycles. The molecule has 1 fully saturated rings. The number of amides is 1. The molecule has 0 unspecified atom stereocenters. The van der Waals surface area contributed by atoms with Crippen molar-refractivity contribution in [2.24, 2.45) is 5.41 Å². The van der Waals surface area contributed by atoms with Gasteiger partial charge >= 0.3 is 0 Å². The highest BCUT2D eigenvalue weighted by molar-refractivity contribution is 5.92. The number of carbonyl (C=O) groups excluding carboxylic acids is 1. The first-order valence-corrected chi connectivity index (χ1v) is 7.20. The molecule has 5 nitrogen and oxygen atoms in total. The maximum absolute atomic E-state index is 12.0. The standard InChI is InChI=1S/C16H21N3O2/c1-15(2)5-7-16(21,8-6-15)11-19-14(20)13-4-3-12(9-17)10-18-13/h3-4,10,21H,5-8,11H2,1-2H3,(H,19,20). The van der Waals surface area contributed by atoms with E-state index in [0.29, 0.717) is 18.4 Å². The van der Waals surface area contributed by atoms with Gasteiger partial charge in [-0.2, -0.15) is 5.26 Å². The van der Waals surface area contributed by atoms with Gasteiger partial charge in [0.15, 0.2) is 0 Å². The van der Waals surface area contributed by atoms with Crippen LogP contribution in [0.5, 0.6) is 0 Å². The van der Waals surface area contributed by atoms with E-state index < -0.39 is 5.60 Å². The molecule has 0 atom stereocenters. The lowest BCUT2D eigenvalue weighted by Gasteiger charge is -2.40. The second kappa shape index (κ2) is 5.82. The van der Waals surface area contributed by atoms with Crippen molar-refractivity contribution >= 4 is 5.91 Å². The summed E-state index contributed by atoms with van der Waals surface area (Å²) in [5, 5.41) is 21.9. The predicted molar refractivity (Wildman–Crippen MR) is 78.5 cm³/mol. The van der Waals surface area contributed by atoms with Crippen LogP contribution in [0.1, 0.15) is 55.6 Å². The van der Waals surface area contributed by atoms with Crippen LogP contribution in [0.25, 0.3) is 0 Å². The predicted octanol–water partition coefficient (Wildman–Crippen LogP) is 2.01. The number of hydrogen-bond donors (Lipinski definition) is 2. The molecule has 0 aromatic carbocycles. The van der Waals surface area contributed by atoms with Gasteiger partial charge in [0.1, 0.15) is 11.8 Å². The van der Waals surface area contributed by atoms with Gasteiger partial charge in [-0.05, 0) is 43.2 Å². The van der Waals surface area contributed by atoms with Crippen molar-refractivity contribution in [3.05, 3.63) is 29.6 Å². The maximum Gasteiger partial charge on any atom is 0.269 e. The molecule has 1 aromatic rings. The molecule has 5 heteroatoms. The van der Waals surface area contributed by atoms with Crippen LogP contribution in [0.4, 0.5) is 0 Å². The molecule has 1 aliphatic rings. The summed E-state index contributed by atoms with van der Waals surface area (Å²) < 4.78 is 0. The molecule has 1 amide bonds. The van der Waals surface area contributed by atoms with E-state index in [1.165, 1.54) is 12.3 Å². The minimum Gasteiger partial charge on any atom is -0.388 e. The van der Waals surface area contributed by atoms with Crippen LogP contribution in [0.2, 0.25) is 0 Å². The number of hydrogen-bond acceptors (Lipinski definition) is 4. The zero-order valence-electron chi connectivity index (χ0n) is 12.5. The van der Waals surface area contributed by atoms with Crippen molar-refractivity contribution in [1.82, 2.24) is 10.3 Å². The van der Waals surface area contributed by atoms with Crippen LogP contribution in [-0.4, -0.2) is 28.1 Å². The van der Waals surface area contributed by atoms with Crippen molar-refractivity contribution in [3.8, 4) is 6.07 Å². The van der Waals surface area contributed by atoms with Crippen molar-refractivity contribution in [2.75, 3.05) is 6.54 Å². The fourth-order valence-corrected chi connectivity index (χ4v) is 2.50. The molecule has 1 heterocycles. The topological polar surface area (TPSA) is 86.0 Å². The summed E-state index contributed by atoms with van der Waals surface area (Å²) >= 11 is 0. The third kappa shape index (κ3) is 4.02. The molecule has 1 aliphatic carbocycles. The molecule has 1 aromatic heterocycles. The molecular weight excluding hydrogens is 266 g/mol. The number of rotatable bonds is 3. The number of nitriles is 1. The van der Waals surface area contributed by atoms with E-state index in [2.05, 4.69) is 24.1 Å². The van der Waals surface area contributed by atoms with Gasteiger partial charge in [-0.3, -0.25) is 4.79 Å². The normalized spacial score (nSPS) is 19.5. The smallest absolute Gasteiger partial charge is 0.269 e. The van der Waals surface area contributed by atoms with Crippen molar-refractivity contribution in [1.29, 1.82) is 5.26 Å². The maximum atomic E-state index is 12.0. The molecule has 2 rings (SSSR count). The van der Waals surface area contributed by atoms with E-state index in [-0.39, 0.29) is 23.6 Å². The summed E-state index contributed by atoms with van der Waals surface area (Å²) in [5.74, 6) is -0.322. The van der Waals surface area contributed by atoms with Gasteiger partial charge in [-0.25, -0.2) is 4.98 Å². The number of pyridine rings is 1. The van der Waals surface area contributed by atoms with Gasteiger partial charge in [-0.15, -0.1) is 0 Å². The van der Waals surface area contributed by atoms with Gasteiger partial charge in [0.05, 0.1) is 11.2 Å². The van der Waals surface area contributed by atoms with Crippen molar-refractivity contribution < 1.29 is 9.90 Å². The molecule has 0 radical (unpaired) electrons. The Hall–Kier alpha value is -1.93. The minimum absolute atomic E-state index is 0.240. The minimum atomic E-state index is -0.822. The van der Waals surface area contributed by atoms with Crippen molar-refractivity contribution in [3.63, 3.8) is 0 Å². The Labute approximate surface area is 125 Å². The van der Waals surface area contributed by atoms with Gasteiger partial charge in [-0.1, -0.05) is 13.8 Å². The van der Waals surface area contributed by atoms with Crippen LogP contribution >= 0.6 is 0 Å². The molecule has 21 heavy (non-hydrogen) atoms. The van der Waals surface area contributed by atoms with E-state index >= 15 is 0 Å². The molecule has 2 N–H and O–H groups in total. The zero-order chi connectivity index (χ0) is 15.5. The Morgan fingerprint density at radius 1 is 1.38 bits per heavy atom. The summed E-state index contributed by atoms with van der Waals surface area (Å²) in [6.07, 6.45) is 4.66. The Bertz CT molecular complexity index is 548. The van der Waals surface area contributed by atoms with Crippen LogP contribution in [0.15, 0.2) is 18.3 Å². The Kier molecular flexibility index (Phi) is 4.29. The van der Waals surface area contributed by atoms with Crippen LogP contribution in [0, 0.1) is 16.7 Å². The van der Waals surface area contributed by atoms with Gasteiger partial charge in [0.25, 0.3) is 5.91 Å². The van der Waals surface area contributed by atoms with E-state index in [9.17, 15) is 9.90 Å². The number of aliphatic hydroxyl groups is 1. The summed E-state index contributed by atoms with van der Waals surface area (Å²) in [5.41, 5.74) is 0.122. The fourth-order valence-electron chi connectivity index (χ4n) is 2.50. The summed E-state index contributed by atoms with van der Waals surface area (Å²) in [4.78, 5) is 15.9. The van der Waals surface area contributed by atoms with E-state index in [0.717, 1.165) is 12.8 Å². The summed E-state index contributed by atoms with van der Waals surface area (Å²) in [6.45, 7) is 4.64. The second-order valence-corrected chi connectivity index (χ2v) is 6.62. The quantitative estimate of drug-likeness (QED) is 0.890. The Balaban J connectivity index is 1.90. The monoisotopic (exact) mass is 287 g/mol. The summed E-state index contributed by atoms with van der Waals surface area (Å²) in [7, 11) is 0. The van der Waals surface area contributed by atoms with Crippen LogP contribution in [0.3, 0.4) is 0 Å². The van der Waals surface area contributed by atoms with Gasteiger partial charge < -0.3 is 10.4 Å². The lowest BCUT2D eigenvalue weighted by atomic mass is 9.71. The first-order chi connectivity index (χ1) is 9.84. The second-order valence-electron chi connectivity index (χ2n) is 6.62. The zero-order valence-corrected chi connectivity index (χ0v) is 12.5. The number of nitrogens with one attached hydrogen (secondary N) is 1. The average molecular weight is 287 g/mol. The van der Waals surface area contributed by atoms with E-state index in [4.69, 9.17) is 5.26 Å². The molecule has 0 saturated heterocycles. The molecule has 0 aliphatic heterocycles. The van der Waals surface area contributed by atoms with Crippen LogP contribution in [-0.2, 0) is 0 Å². The highest BCUT2D eigenvalue weighted by Crippen LogP contribution is 2.39. The number of aromatic nitrogens is 1. The first-order valence-electron chi connectivity index (χ1n) is 7.20. The average Bonchev–Trinajstić information content (AvgIpc) is 2.49. The Morgan fingerprint density at radius 2 is 2.05 bits per heavy atom. The SMILES string of the molecule is CC1(C)CCC(O)(CNC(=O)c2ccc(C#N)cn2)CC1. The molecular formula is C16H21N3O2. The fraction of sp³-hybridized carbons (Fsp3) is 0.562. The third-order valence-electron chi connectivity index (χ3n) is 4.24. The highest BCUT2D eigenvalue weighted by atomic mass is 16.3. The van der Waals surface area contributed by atoms with Gasteiger partial charge in [0, 0.05) is 12.7 Å². The molecule has 0 spiro atoms. The molecule has 112 valence electrons. The lowest BCUT2D eigenvalue weighted by molar-refractivity contribution is -0.0233. The third-order valence-corrected chi connectivity index (χ3v) is 4.24. The molecule has 0 bridgehead atoms.